The van der Waals surface area contributed by atoms with Crippen LogP contribution in [0.2, 0.25) is 0 Å². The summed E-state index contributed by atoms with van der Waals surface area (Å²) < 4.78 is 0. The molecule has 108 valence electrons. The van der Waals surface area contributed by atoms with Gasteiger partial charge in [-0.3, -0.25) is 4.79 Å². The van der Waals surface area contributed by atoms with Crippen LogP contribution in [0.5, 0.6) is 0 Å². The van der Waals surface area contributed by atoms with E-state index in [0.717, 1.165) is 34.6 Å². The van der Waals surface area contributed by atoms with Crippen molar-refractivity contribution in [2.75, 3.05) is 0 Å². The topological polar surface area (TPSA) is 63.1 Å². The second-order valence-electron chi connectivity index (χ2n) is 6.51. The van der Waals surface area contributed by atoms with Crippen molar-refractivity contribution in [3.05, 3.63) is 22.8 Å². The molecule has 20 heavy (non-hydrogen) atoms. The molecule has 0 amide bonds. The van der Waals surface area contributed by atoms with E-state index in [2.05, 4.69) is 9.97 Å². The predicted molar refractivity (Wildman–Crippen MR) is 75.7 cm³/mol. The van der Waals surface area contributed by atoms with Gasteiger partial charge in [0, 0.05) is 22.9 Å². The van der Waals surface area contributed by atoms with E-state index in [0.29, 0.717) is 5.92 Å². The highest BCUT2D eigenvalue weighted by molar-refractivity contribution is 5.76. The lowest BCUT2D eigenvalue weighted by Gasteiger charge is -2.22. The monoisotopic (exact) mass is 274 g/mol. The number of hydrogen-bond donors (Lipinski definition) is 1. The molecule has 4 atom stereocenters. The Labute approximate surface area is 119 Å². The van der Waals surface area contributed by atoms with Gasteiger partial charge in [0.25, 0.3) is 0 Å². The predicted octanol–water partition coefficient (Wildman–Crippen LogP) is 3.19. The van der Waals surface area contributed by atoms with Crippen molar-refractivity contribution in [1.29, 1.82) is 0 Å². The van der Waals surface area contributed by atoms with Gasteiger partial charge in [-0.05, 0) is 51.9 Å². The summed E-state index contributed by atoms with van der Waals surface area (Å²) in [7, 11) is 0. The average Bonchev–Trinajstić information content (AvgIpc) is 2.99. The quantitative estimate of drug-likeness (QED) is 0.919. The van der Waals surface area contributed by atoms with E-state index < -0.39 is 11.9 Å². The summed E-state index contributed by atoms with van der Waals surface area (Å²) in [5.41, 5.74) is 2.46. The number of hydrogen-bond acceptors (Lipinski definition) is 3. The number of carboxylic acids is 1. The van der Waals surface area contributed by atoms with Crippen molar-refractivity contribution in [3.63, 3.8) is 0 Å². The molecule has 0 spiro atoms. The summed E-state index contributed by atoms with van der Waals surface area (Å²) in [5, 5.41) is 9.20. The summed E-state index contributed by atoms with van der Waals surface area (Å²) >= 11 is 0. The molecule has 2 bridgehead atoms. The second-order valence-corrected chi connectivity index (χ2v) is 6.51. The molecule has 1 heterocycles. The molecule has 2 aliphatic rings. The van der Waals surface area contributed by atoms with E-state index in [1.165, 1.54) is 25.7 Å². The molecule has 4 heteroatoms. The highest BCUT2D eigenvalue weighted by Crippen LogP contribution is 2.52. The lowest BCUT2D eigenvalue weighted by Crippen LogP contribution is -2.18. The van der Waals surface area contributed by atoms with Crippen LogP contribution >= 0.6 is 0 Å². The Balaban J connectivity index is 1.94. The van der Waals surface area contributed by atoms with Crippen LogP contribution in [0.3, 0.4) is 0 Å². The number of carbonyl (C=O) groups is 1. The van der Waals surface area contributed by atoms with Gasteiger partial charge in [0.05, 0.1) is 5.92 Å². The number of carboxylic acid groups (broad SMARTS) is 1. The molecule has 1 N–H and O–H groups in total. The molecule has 1 aromatic heterocycles. The van der Waals surface area contributed by atoms with Crippen LogP contribution in [0.25, 0.3) is 0 Å². The number of nitrogens with zero attached hydrogens (tertiary/aromatic N) is 2. The van der Waals surface area contributed by atoms with Gasteiger partial charge in [-0.25, -0.2) is 9.97 Å². The zero-order chi connectivity index (χ0) is 14.4. The maximum Gasteiger partial charge on any atom is 0.310 e. The van der Waals surface area contributed by atoms with E-state index in [1.807, 2.05) is 13.8 Å². The fraction of sp³-hybridized carbons (Fsp3) is 0.688. The molecule has 0 aromatic carbocycles. The lowest BCUT2D eigenvalue weighted by molar-refractivity contribution is -0.138. The van der Waals surface area contributed by atoms with Gasteiger partial charge in [0.2, 0.25) is 0 Å². The van der Waals surface area contributed by atoms with Crippen molar-refractivity contribution in [2.45, 2.75) is 58.3 Å². The molecule has 3 rings (SSSR count). The Bertz CT molecular complexity index is 532. The molecule has 4 nitrogen and oxygen atoms in total. The molecule has 2 aliphatic carbocycles. The standard InChI is InChI=1S/C16H22N2O2/c1-8(16(19)20)14-9(2)17-15(18-10(14)3)13-7-11-4-5-12(13)6-11/h8,11-13H,4-7H2,1-3H3,(H,19,20). The van der Waals surface area contributed by atoms with Gasteiger partial charge in [-0.1, -0.05) is 6.42 Å². The van der Waals surface area contributed by atoms with Crippen LogP contribution in [0.4, 0.5) is 0 Å². The van der Waals surface area contributed by atoms with Crippen LogP contribution in [0.15, 0.2) is 0 Å². The molecular formula is C16H22N2O2. The smallest absolute Gasteiger partial charge is 0.310 e. The highest BCUT2D eigenvalue weighted by atomic mass is 16.4. The molecule has 4 unspecified atom stereocenters. The SMILES string of the molecule is Cc1nc(C2CC3CCC2C3)nc(C)c1C(C)C(=O)O. The van der Waals surface area contributed by atoms with Gasteiger partial charge in [0.15, 0.2) is 0 Å². The Hall–Kier alpha value is -1.45. The minimum Gasteiger partial charge on any atom is -0.481 e. The Morgan fingerprint density at radius 3 is 2.30 bits per heavy atom. The number of fused-ring (bicyclic) bond motifs is 2. The first kappa shape index (κ1) is 13.5. The van der Waals surface area contributed by atoms with E-state index in [1.54, 1.807) is 6.92 Å². The Morgan fingerprint density at radius 2 is 1.85 bits per heavy atom. The van der Waals surface area contributed by atoms with Gasteiger partial charge in [-0.2, -0.15) is 0 Å². The molecular weight excluding hydrogens is 252 g/mol. The maximum atomic E-state index is 11.2. The summed E-state index contributed by atoms with van der Waals surface area (Å²) in [6, 6.07) is 0. The molecule has 0 saturated heterocycles. The molecule has 2 saturated carbocycles. The van der Waals surface area contributed by atoms with Crippen molar-refractivity contribution in [2.24, 2.45) is 11.8 Å². The van der Waals surface area contributed by atoms with Crippen LogP contribution in [0, 0.1) is 25.7 Å². The van der Waals surface area contributed by atoms with Crippen molar-refractivity contribution < 1.29 is 9.90 Å². The summed E-state index contributed by atoms with van der Waals surface area (Å²) in [6.07, 6.45) is 5.23. The van der Waals surface area contributed by atoms with Crippen molar-refractivity contribution in [3.8, 4) is 0 Å². The number of aromatic nitrogens is 2. The first-order valence-corrected chi connectivity index (χ1v) is 7.55. The largest absolute Gasteiger partial charge is 0.481 e. The fourth-order valence-corrected chi connectivity index (χ4v) is 4.23. The third kappa shape index (κ3) is 2.11. The van der Waals surface area contributed by atoms with Gasteiger partial charge in [-0.15, -0.1) is 0 Å². The van der Waals surface area contributed by atoms with Crippen LogP contribution in [-0.4, -0.2) is 21.0 Å². The van der Waals surface area contributed by atoms with Gasteiger partial charge in [0.1, 0.15) is 5.82 Å². The normalized spacial score (nSPS) is 29.6. The first-order chi connectivity index (χ1) is 9.47. The lowest BCUT2D eigenvalue weighted by atomic mass is 9.87. The van der Waals surface area contributed by atoms with Crippen molar-refractivity contribution in [1.82, 2.24) is 9.97 Å². The zero-order valence-electron chi connectivity index (χ0n) is 12.4. The number of aliphatic carboxylic acids is 1. The van der Waals surface area contributed by atoms with E-state index in [4.69, 9.17) is 0 Å². The Morgan fingerprint density at radius 1 is 1.20 bits per heavy atom. The second kappa shape index (κ2) is 4.83. The molecule has 1 aromatic rings. The molecule has 0 aliphatic heterocycles. The number of aryl methyl sites for hydroxylation is 2. The fourth-order valence-electron chi connectivity index (χ4n) is 4.23. The van der Waals surface area contributed by atoms with Crippen LogP contribution < -0.4 is 0 Å². The van der Waals surface area contributed by atoms with Crippen LogP contribution in [0.1, 0.15) is 67.2 Å². The zero-order valence-corrected chi connectivity index (χ0v) is 12.4. The minimum atomic E-state index is -0.813. The number of rotatable bonds is 3. The summed E-state index contributed by atoms with van der Waals surface area (Å²) in [6.45, 7) is 5.54. The van der Waals surface area contributed by atoms with Crippen LogP contribution in [-0.2, 0) is 4.79 Å². The van der Waals surface area contributed by atoms with Gasteiger partial charge >= 0.3 is 5.97 Å². The van der Waals surface area contributed by atoms with E-state index in [9.17, 15) is 9.90 Å². The van der Waals surface area contributed by atoms with Gasteiger partial charge < -0.3 is 5.11 Å². The molecule has 2 fully saturated rings. The average molecular weight is 274 g/mol. The minimum absolute atomic E-state index is 0.500. The maximum absolute atomic E-state index is 11.2. The highest BCUT2D eigenvalue weighted by Gasteiger charge is 2.41. The Kier molecular flexibility index (Phi) is 3.27. The first-order valence-electron chi connectivity index (χ1n) is 7.55. The summed E-state index contributed by atoms with van der Waals surface area (Å²) in [4.78, 5) is 20.5. The van der Waals surface area contributed by atoms with E-state index >= 15 is 0 Å². The third-order valence-electron chi connectivity index (χ3n) is 5.22. The third-order valence-corrected chi connectivity index (χ3v) is 5.22. The molecule has 0 radical (unpaired) electrons. The van der Waals surface area contributed by atoms with Crippen molar-refractivity contribution >= 4 is 5.97 Å². The van der Waals surface area contributed by atoms with E-state index in [-0.39, 0.29) is 0 Å². The summed E-state index contributed by atoms with van der Waals surface area (Å²) in [5.74, 6) is 1.72.